The van der Waals surface area contributed by atoms with E-state index in [1.807, 2.05) is 64.1 Å². The minimum atomic E-state index is -0.601. The van der Waals surface area contributed by atoms with Gasteiger partial charge in [-0.3, -0.25) is 9.47 Å². The van der Waals surface area contributed by atoms with Crippen LogP contribution in [0.3, 0.4) is 0 Å². The van der Waals surface area contributed by atoms with Crippen LogP contribution in [0.2, 0.25) is 0 Å². The van der Waals surface area contributed by atoms with Crippen LogP contribution in [0.5, 0.6) is 5.75 Å². The van der Waals surface area contributed by atoms with Crippen molar-refractivity contribution in [3.05, 3.63) is 101 Å². The number of aromatic nitrogens is 1. The number of esters is 1. The Balaban J connectivity index is 1.53. The number of carbonyl (C=O) groups excluding carboxylic acids is 2. The molecule has 0 aliphatic carbocycles. The number of likely N-dealkylation sites (tertiary alicyclic amines) is 1. The second-order valence-electron chi connectivity index (χ2n) is 12.0. The van der Waals surface area contributed by atoms with E-state index in [1.54, 1.807) is 17.9 Å². The van der Waals surface area contributed by atoms with Gasteiger partial charge in [0.15, 0.2) is 0 Å². The summed E-state index contributed by atoms with van der Waals surface area (Å²) in [7, 11) is 3.09. The molecule has 2 atom stereocenters. The van der Waals surface area contributed by atoms with Gasteiger partial charge in [-0.05, 0) is 94.0 Å². The van der Waals surface area contributed by atoms with E-state index in [-0.39, 0.29) is 12.0 Å². The van der Waals surface area contributed by atoms with Gasteiger partial charge in [0.05, 0.1) is 25.3 Å². The molecule has 0 saturated carbocycles. The molecule has 1 aromatic heterocycles. The fraction of sp³-hybridized carbons (Fsp3) is 0.371. The number of nitrogens with zero attached hydrogens (tertiary/aromatic N) is 2. The molecule has 0 bridgehead atoms. The number of ether oxygens (including phenoxy) is 3. The second kappa shape index (κ2) is 12.0. The van der Waals surface area contributed by atoms with Crippen molar-refractivity contribution >= 4 is 23.0 Å². The molecule has 0 amide bonds. The number of benzene rings is 3. The second-order valence-corrected chi connectivity index (χ2v) is 12.0. The van der Waals surface area contributed by atoms with Gasteiger partial charge in [0, 0.05) is 29.7 Å². The molecular weight excluding hydrogens is 528 g/mol. The molecule has 0 N–H and O–H groups in total. The number of piperidine rings is 1. The molecule has 1 fully saturated rings. The Hall–Kier alpha value is -4.10. The standard InChI is InChI=1S/C35H40N2O5/c1-23-20-31(40-5)29(28-17-19-37(32(23)28)34(39)42-35(2,3)4)22-36-18-16-27(24-10-8-7-9-11-24)21-30(36)25-12-14-26(15-13-25)33(38)41-6/h7-15,17,19-20,27,30H,16,18,21-22H2,1-6H3/t27-,30+/m1/s1. The van der Waals surface area contributed by atoms with Crippen molar-refractivity contribution in [1.29, 1.82) is 0 Å². The summed E-state index contributed by atoms with van der Waals surface area (Å²) in [5, 5.41) is 0.975. The van der Waals surface area contributed by atoms with Crippen LogP contribution in [-0.4, -0.2) is 47.9 Å². The van der Waals surface area contributed by atoms with Crippen LogP contribution in [0.4, 0.5) is 4.79 Å². The molecule has 0 radical (unpaired) electrons. The fourth-order valence-electron chi connectivity index (χ4n) is 6.11. The largest absolute Gasteiger partial charge is 0.496 e. The van der Waals surface area contributed by atoms with Gasteiger partial charge in [-0.15, -0.1) is 0 Å². The monoisotopic (exact) mass is 568 g/mol. The third-order valence-corrected chi connectivity index (χ3v) is 8.10. The Morgan fingerprint density at radius 2 is 1.67 bits per heavy atom. The summed E-state index contributed by atoms with van der Waals surface area (Å²) in [6, 6.07) is 22.6. The predicted octanol–water partition coefficient (Wildman–Crippen LogP) is 7.65. The first-order valence-corrected chi connectivity index (χ1v) is 14.5. The summed E-state index contributed by atoms with van der Waals surface area (Å²) in [4.78, 5) is 27.7. The Morgan fingerprint density at radius 3 is 2.31 bits per heavy atom. The summed E-state index contributed by atoms with van der Waals surface area (Å²) in [6.07, 6.45) is 3.36. The minimum Gasteiger partial charge on any atom is -0.496 e. The number of hydrogen-bond acceptors (Lipinski definition) is 6. The normalized spacial score (nSPS) is 17.7. The predicted molar refractivity (Wildman–Crippen MR) is 164 cm³/mol. The van der Waals surface area contributed by atoms with Gasteiger partial charge in [-0.25, -0.2) is 9.59 Å². The maximum Gasteiger partial charge on any atom is 0.419 e. The quantitative estimate of drug-likeness (QED) is 0.223. The van der Waals surface area contributed by atoms with Crippen molar-refractivity contribution in [2.24, 2.45) is 0 Å². The molecule has 3 aromatic carbocycles. The fourth-order valence-corrected chi connectivity index (χ4v) is 6.11. The zero-order chi connectivity index (χ0) is 30.0. The summed E-state index contributed by atoms with van der Waals surface area (Å²) in [5.74, 6) is 0.873. The van der Waals surface area contributed by atoms with Crippen molar-refractivity contribution < 1.29 is 23.8 Å². The van der Waals surface area contributed by atoms with Crippen molar-refractivity contribution in [3.63, 3.8) is 0 Å². The Bertz CT molecular complexity index is 1570. The van der Waals surface area contributed by atoms with Crippen LogP contribution in [0.15, 0.2) is 72.9 Å². The van der Waals surface area contributed by atoms with E-state index in [1.165, 1.54) is 12.7 Å². The number of carbonyl (C=O) groups is 2. The van der Waals surface area contributed by atoms with Crippen LogP contribution in [0, 0.1) is 6.92 Å². The van der Waals surface area contributed by atoms with E-state index in [2.05, 4.69) is 35.2 Å². The molecule has 2 heterocycles. The third-order valence-electron chi connectivity index (χ3n) is 8.10. The smallest absolute Gasteiger partial charge is 0.419 e. The topological polar surface area (TPSA) is 70.0 Å². The lowest BCUT2D eigenvalue weighted by atomic mass is 9.82. The lowest BCUT2D eigenvalue weighted by Gasteiger charge is -2.40. The molecule has 0 unspecified atom stereocenters. The Morgan fingerprint density at radius 1 is 0.952 bits per heavy atom. The van der Waals surface area contributed by atoms with Gasteiger partial charge in [-0.1, -0.05) is 42.5 Å². The van der Waals surface area contributed by atoms with E-state index in [4.69, 9.17) is 14.2 Å². The first-order chi connectivity index (χ1) is 20.1. The third kappa shape index (κ3) is 6.07. The molecule has 1 aliphatic heterocycles. The first kappa shape index (κ1) is 29.4. The maximum absolute atomic E-state index is 13.1. The van der Waals surface area contributed by atoms with Crippen molar-refractivity contribution in [1.82, 2.24) is 9.47 Å². The van der Waals surface area contributed by atoms with Gasteiger partial charge >= 0.3 is 12.1 Å². The van der Waals surface area contributed by atoms with Gasteiger partial charge < -0.3 is 14.2 Å². The average Bonchev–Trinajstić information content (AvgIpc) is 3.44. The molecule has 0 spiro atoms. The lowest BCUT2D eigenvalue weighted by molar-refractivity contribution is 0.0542. The highest BCUT2D eigenvalue weighted by Gasteiger charge is 2.32. The van der Waals surface area contributed by atoms with Crippen LogP contribution < -0.4 is 4.74 Å². The minimum absolute atomic E-state index is 0.115. The van der Waals surface area contributed by atoms with E-state index >= 15 is 0 Å². The van der Waals surface area contributed by atoms with Gasteiger partial charge in [0.2, 0.25) is 0 Å². The summed E-state index contributed by atoms with van der Waals surface area (Å²) < 4.78 is 18.1. The van der Waals surface area contributed by atoms with Crippen molar-refractivity contribution in [2.45, 2.75) is 64.6 Å². The van der Waals surface area contributed by atoms with Crippen molar-refractivity contribution in [3.8, 4) is 5.75 Å². The molecular formula is C35H40N2O5. The molecule has 7 nitrogen and oxygen atoms in total. The number of aryl methyl sites for hydroxylation is 1. The Labute approximate surface area is 248 Å². The van der Waals surface area contributed by atoms with E-state index in [9.17, 15) is 9.59 Å². The molecule has 220 valence electrons. The van der Waals surface area contributed by atoms with E-state index in [0.29, 0.717) is 18.0 Å². The van der Waals surface area contributed by atoms with Crippen LogP contribution in [0.1, 0.15) is 78.2 Å². The molecule has 1 saturated heterocycles. The summed E-state index contributed by atoms with van der Waals surface area (Å²) in [6.45, 7) is 9.13. The molecule has 42 heavy (non-hydrogen) atoms. The SMILES string of the molecule is COC(=O)c1ccc([C@@H]2C[C@H](c3ccccc3)CCN2Cc2c(OC)cc(C)c3c2ccn3C(=O)OC(C)(C)C)cc1. The lowest BCUT2D eigenvalue weighted by Crippen LogP contribution is -2.36. The van der Waals surface area contributed by atoms with E-state index < -0.39 is 11.7 Å². The molecule has 7 heteroatoms. The van der Waals surface area contributed by atoms with Crippen molar-refractivity contribution in [2.75, 3.05) is 20.8 Å². The number of methoxy groups -OCH3 is 2. The number of fused-ring (bicyclic) bond motifs is 1. The highest BCUT2D eigenvalue weighted by Crippen LogP contribution is 2.42. The zero-order valence-electron chi connectivity index (χ0n) is 25.3. The summed E-state index contributed by atoms with van der Waals surface area (Å²) in [5.41, 5.74) is 5.24. The number of rotatable bonds is 6. The molecule has 4 aromatic rings. The summed E-state index contributed by atoms with van der Waals surface area (Å²) >= 11 is 0. The van der Waals surface area contributed by atoms with Gasteiger partial charge in [0.1, 0.15) is 11.4 Å². The maximum atomic E-state index is 13.1. The number of hydrogen-bond donors (Lipinski definition) is 0. The Kier molecular flexibility index (Phi) is 8.41. The first-order valence-electron chi connectivity index (χ1n) is 14.5. The average molecular weight is 569 g/mol. The highest BCUT2D eigenvalue weighted by atomic mass is 16.6. The molecule has 5 rings (SSSR count). The van der Waals surface area contributed by atoms with Crippen LogP contribution in [-0.2, 0) is 16.0 Å². The van der Waals surface area contributed by atoms with Crippen LogP contribution >= 0.6 is 0 Å². The van der Waals surface area contributed by atoms with E-state index in [0.717, 1.165) is 52.7 Å². The molecule has 1 aliphatic rings. The van der Waals surface area contributed by atoms with Gasteiger partial charge in [-0.2, -0.15) is 0 Å². The zero-order valence-corrected chi connectivity index (χ0v) is 25.3. The van der Waals surface area contributed by atoms with Gasteiger partial charge in [0.25, 0.3) is 0 Å². The highest BCUT2D eigenvalue weighted by molar-refractivity contribution is 5.95. The van der Waals surface area contributed by atoms with Crippen LogP contribution in [0.25, 0.3) is 10.9 Å².